The number of carbonyl (C=O) groups excluding carboxylic acids is 2. The van der Waals surface area contributed by atoms with Gasteiger partial charge in [0, 0.05) is 30.1 Å². The average Bonchev–Trinajstić information content (AvgIpc) is 3.26. The van der Waals surface area contributed by atoms with E-state index in [-0.39, 0.29) is 40.2 Å². The lowest BCUT2D eigenvalue weighted by Crippen LogP contribution is -2.17. The number of nitrogen functional groups attached to an aromatic ring is 1. The van der Waals surface area contributed by atoms with E-state index in [9.17, 15) is 27.2 Å². The summed E-state index contributed by atoms with van der Waals surface area (Å²) in [5, 5.41) is 5.69. The lowest BCUT2D eigenvalue weighted by atomic mass is 10.0. The van der Waals surface area contributed by atoms with E-state index >= 15 is 0 Å². The molecule has 34 heavy (non-hydrogen) atoms. The molecule has 1 aromatic carbocycles. The van der Waals surface area contributed by atoms with Gasteiger partial charge in [-0.3, -0.25) is 9.59 Å². The molecular formula is C21H20F4N6O2S. The van der Waals surface area contributed by atoms with Gasteiger partial charge < -0.3 is 16.4 Å². The fourth-order valence-electron chi connectivity index (χ4n) is 3.11. The maximum atomic E-state index is 13.4. The Kier molecular flexibility index (Phi) is 7.57. The smallest absolute Gasteiger partial charge is 0.383 e. The molecule has 1 unspecified atom stereocenters. The number of amides is 1. The van der Waals surface area contributed by atoms with Crippen molar-refractivity contribution in [3.05, 3.63) is 63.2 Å². The highest BCUT2D eigenvalue weighted by Gasteiger charge is 2.34. The molecule has 0 saturated heterocycles. The number of hydrogen-bond donors (Lipinski definition) is 3. The first kappa shape index (κ1) is 25.2. The molecule has 0 aliphatic heterocycles. The van der Waals surface area contributed by atoms with Gasteiger partial charge in [-0.05, 0) is 25.2 Å². The van der Waals surface area contributed by atoms with Crippen LogP contribution >= 0.6 is 11.3 Å². The van der Waals surface area contributed by atoms with Crippen molar-refractivity contribution < 1.29 is 27.2 Å². The van der Waals surface area contributed by atoms with Gasteiger partial charge in [0.05, 0.1) is 16.8 Å². The highest BCUT2D eigenvalue weighted by molar-refractivity contribution is 7.13. The number of nitrogens with two attached hydrogens (primary N) is 1. The first-order chi connectivity index (χ1) is 16.0. The van der Waals surface area contributed by atoms with Gasteiger partial charge in [-0.2, -0.15) is 13.2 Å². The van der Waals surface area contributed by atoms with E-state index in [1.807, 2.05) is 0 Å². The second kappa shape index (κ2) is 10.2. The first-order valence-electron chi connectivity index (χ1n) is 9.92. The van der Waals surface area contributed by atoms with Gasteiger partial charge in [0.1, 0.15) is 28.5 Å². The zero-order valence-electron chi connectivity index (χ0n) is 18.0. The van der Waals surface area contributed by atoms with Crippen LogP contribution in [0.15, 0.2) is 30.7 Å². The Balaban J connectivity index is 1.71. The summed E-state index contributed by atoms with van der Waals surface area (Å²) in [7, 11) is 1.70. The number of Topliss-reactive ketones (excluding diaryl/α,β-unsaturated/α-hetero) is 1. The van der Waals surface area contributed by atoms with Crippen LogP contribution in [0, 0.1) is 5.82 Å². The minimum atomic E-state index is -4.90. The monoisotopic (exact) mass is 496 g/mol. The lowest BCUT2D eigenvalue weighted by Gasteiger charge is -2.11. The Hall–Kier alpha value is -3.45. The molecule has 0 aliphatic carbocycles. The van der Waals surface area contributed by atoms with Crippen molar-refractivity contribution in [1.82, 2.24) is 20.3 Å². The van der Waals surface area contributed by atoms with Crippen LogP contribution < -0.4 is 16.4 Å². The van der Waals surface area contributed by atoms with E-state index in [0.29, 0.717) is 29.2 Å². The summed E-state index contributed by atoms with van der Waals surface area (Å²) in [6.45, 7) is 2.05. The van der Waals surface area contributed by atoms with Gasteiger partial charge in [-0.15, -0.1) is 11.3 Å². The molecule has 0 fully saturated rings. The summed E-state index contributed by atoms with van der Waals surface area (Å²) < 4.78 is 52.1. The van der Waals surface area contributed by atoms with Gasteiger partial charge >= 0.3 is 6.18 Å². The summed E-state index contributed by atoms with van der Waals surface area (Å²) in [5.41, 5.74) is 4.83. The van der Waals surface area contributed by atoms with Crippen LogP contribution in [-0.2, 0) is 12.7 Å². The molecule has 180 valence electrons. The summed E-state index contributed by atoms with van der Waals surface area (Å²) in [6.07, 6.45) is -2.39. The van der Waals surface area contributed by atoms with E-state index in [4.69, 9.17) is 5.73 Å². The fourth-order valence-corrected chi connectivity index (χ4v) is 3.98. The molecular weight excluding hydrogens is 476 g/mol. The summed E-state index contributed by atoms with van der Waals surface area (Å²) in [6, 6.07) is 2.18. The number of benzene rings is 1. The van der Waals surface area contributed by atoms with E-state index in [1.165, 1.54) is 12.5 Å². The van der Waals surface area contributed by atoms with E-state index < -0.39 is 23.5 Å². The number of ketones is 1. The molecule has 0 radical (unpaired) electrons. The summed E-state index contributed by atoms with van der Waals surface area (Å²) in [4.78, 5) is 37.5. The highest BCUT2D eigenvalue weighted by Crippen LogP contribution is 2.33. The topological polar surface area (TPSA) is 123 Å². The van der Waals surface area contributed by atoms with Crippen LogP contribution in [0.4, 0.5) is 29.1 Å². The number of nitrogens with one attached hydrogen (secondary N) is 2. The number of halogens is 4. The molecule has 1 atom stereocenters. The Morgan fingerprint density at radius 3 is 2.62 bits per heavy atom. The quantitative estimate of drug-likeness (QED) is 0.318. The molecule has 3 rings (SSSR count). The van der Waals surface area contributed by atoms with Gasteiger partial charge in [-0.25, -0.2) is 19.3 Å². The second-order valence-corrected chi connectivity index (χ2v) is 8.42. The highest BCUT2D eigenvalue weighted by atomic mass is 32.1. The molecule has 8 nitrogen and oxygen atoms in total. The SMILES string of the molecule is CNCc1c(N)ncnc1C(=O)CC(C)c1ncc(C(=O)Nc2ccc(F)c(C(F)(F)F)c2)s1. The number of thiazole rings is 1. The van der Waals surface area contributed by atoms with Crippen molar-refractivity contribution in [3.63, 3.8) is 0 Å². The normalized spacial score (nSPS) is 12.4. The number of nitrogens with zero attached hydrogens (tertiary/aromatic N) is 3. The number of hydrogen-bond acceptors (Lipinski definition) is 8. The van der Waals surface area contributed by atoms with Crippen molar-refractivity contribution in [2.75, 3.05) is 18.1 Å². The predicted octanol–water partition coefficient (Wildman–Crippen LogP) is 4.02. The van der Waals surface area contributed by atoms with Gasteiger partial charge in [-0.1, -0.05) is 6.92 Å². The zero-order chi connectivity index (χ0) is 25.0. The summed E-state index contributed by atoms with van der Waals surface area (Å²) in [5.74, 6) is -2.60. The molecule has 0 spiro atoms. The van der Waals surface area contributed by atoms with Crippen LogP contribution in [0.5, 0.6) is 0 Å². The minimum absolute atomic E-state index is 0.0364. The third-order valence-corrected chi connectivity index (χ3v) is 6.01. The Bertz CT molecular complexity index is 1210. The molecule has 0 bridgehead atoms. The number of carbonyl (C=O) groups is 2. The third-order valence-electron chi connectivity index (χ3n) is 4.79. The number of rotatable bonds is 8. The molecule has 0 saturated carbocycles. The number of alkyl halides is 3. The molecule has 0 aliphatic rings. The maximum Gasteiger partial charge on any atom is 0.419 e. The van der Waals surface area contributed by atoms with Crippen LogP contribution in [0.3, 0.4) is 0 Å². The van der Waals surface area contributed by atoms with Crippen LogP contribution in [0.2, 0.25) is 0 Å². The standard InChI is InChI=1S/C21H20F4N6O2S/c1-10(5-15(32)17-12(7-27-2)18(26)30-9-29-17)20-28-8-16(34-20)19(33)31-11-3-4-14(22)13(6-11)21(23,24)25/h3-4,6,8-10,27H,5,7H2,1-2H3,(H,31,33)(H2,26,29,30). The molecule has 2 aromatic heterocycles. The van der Waals surface area contributed by atoms with Crippen LogP contribution in [0.1, 0.15) is 55.6 Å². The summed E-state index contributed by atoms with van der Waals surface area (Å²) >= 11 is 0.995. The van der Waals surface area contributed by atoms with Crippen LogP contribution in [0.25, 0.3) is 0 Å². The Morgan fingerprint density at radius 2 is 1.94 bits per heavy atom. The van der Waals surface area contributed by atoms with E-state index in [1.54, 1.807) is 14.0 Å². The fraction of sp³-hybridized carbons (Fsp3) is 0.286. The van der Waals surface area contributed by atoms with Crippen molar-refractivity contribution in [1.29, 1.82) is 0 Å². The molecule has 13 heteroatoms. The van der Waals surface area contributed by atoms with Gasteiger partial charge in [0.2, 0.25) is 0 Å². The zero-order valence-corrected chi connectivity index (χ0v) is 18.9. The predicted molar refractivity (Wildman–Crippen MR) is 118 cm³/mol. The van der Waals surface area contributed by atoms with Crippen molar-refractivity contribution >= 4 is 34.5 Å². The van der Waals surface area contributed by atoms with Crippen LogP contribution in [-0.4, -0.2) is 33.7 Å². The van der Waals surface area contributed by atoms with Gasteiger partial charge in [0.25, 0.3) is 5.91 Å². The van der Waals surface area contributed by atoms with E-state index in [0.717, 1.165) is 17.4 Å². The van der Waals surface area contributed by atoms with Crippen molar-refractivity contribution in [2.24, 2.45) is 0 Å². The number of aromatic nitrogens is 3. The molecule has 3 aromatic rings. The Labute approximate surface area is 195 Å². The second-order valence-electron chi connectivity index (χ2n) is 7.35. The maximum absolute atomic E-state index is 13.4. The molecule has 4 N–H and O–H groups in total. The minimum Gasteiger partial charge on any atom is -0.383 e. The third kappa shape index (κ3) is 5.72. The molecule has 2 heterocycles. The molecule has 1 amide bonds. The number of anilines is 2. The van der Waals surface area contributed by atoms with E-state index in [2.05, 4.69) is 25.6 Å². The van der Waals surface area contributed by atoms with Crippen molar-refractivity contribution in [2.45, 2.75) is 32.0 Å². The average molecular weight is 496 g/mol. The lowest BCUT2D eigenvalue weighted by molar-refractivity contribution is -0.139. The Morgan fingerprint density at radius 1 is 1.21 bits per heavy atom. The van der Waals surface area contributed by atoms with Crippen molar-refractivity contribution in [3.8, 4) is 0 Å². The first-order valence-corrected chi connectivity index (χ1v) is 10.7. The van der Waals surface area contributed by atoms with Gasteiger partial charge in [0.15, 0.2) is 5.78 Å². The largest absolute Gasteiger partial charge is 0.419 e.